The Morgan fingerprint density at radius 1 is 0.500 bits per heavy atom. The van der Waals surface area contributed by atoms with Crippen LogP contribution >= 0.6 is 0 Å². The van der Waals surface area contributed by atoms with Gasteiger partial charge in [0, 0.05) is 11.1 Å². The second-order valence-electron chi connectivity index (χ2n) is 7.48. The molecule has 0 heterocycles. The van der Waals surface area contributed by atoms with Crippen LogP contribution in [-0.2, 0) is 12.4 Å². The summed E-state index contributed by atoms with van der Waals surface area (Å²) in [6.07, 6.45) is -9.58. The smallest absolute Gasteiger partial charge is 0.206 e. The van der Waals surface area contributed by atoms with Gasteiger partial charge in [0.2, 0.25) is 0 Å². The van der Waals surface area contributed by atoms with Crippen LogP contribution in [-0.4, -0.2) is 0 Å². The minimum atomic E-state index is -4.79. The molecule has 0 atom stereocenters. The second-order valence-corrected chi connectivity index (χ2v) is 7.48. The zero-order valence-electron chi connectivity index (χ0n) is 18.4. The van der Waals surface area contributed by atoms with Gasteiger partial charge >= 0.3 is 12.4 Å². The van der Waals surface area contributed by atoms with Crippen molar-refractivity contribution in [1.29, 1.82) is 21.0 Å². The van der Waals surface area contributed by atoms with Crippen LogP contribution in [0.3, 0.4) is 0 Å². The minimum Gasteiger partial charge on any atom is -0.206 e. The monoisotopic (exact) mass is 528 g/mol. The molecule has 0 spiro atoms. The number of nitrogens with zero attached hydrogens (tertiary/aromatic N) is 4. The number of rotatable bonds is 2. The summed E-state index contributed by atoms with van der Waals surface area (Å²) < 4.78 is 110. The third kappa shape index (κ3) is 4.89. The molecule has 0 saturated heterocycles. The third-order valence-electron chi connectivity index (χ3n) is 5.33. The minimum absolute atomic E-state index is 0.442. The lowest BCUT2D eigenvalue weighted by Crippen LogP contribution is -2.28. The first-order valence-corrected chi connectivity index (χ1v) is 10.0. The number of alkyl halides is 6. The van der Waals surface area contributed by atoms with E-state index in [-0.39, 0.29) is 0 Å². The SMILES string of the molecule is N#CC(C#N)=c1c(F)c(-c2ccc(C(F)(F)F)cc2)c(=C(C#N)C#N)c(F)c1-c1ccc(C(F)(F)F)cc1. The Bertz CT molecular complexity index is 1560. The Morgan fingerprint density at radius 3 is 0.974 bits per heavy atom. The largest absolute Gasteiger partial charge is 0.416 e. The van der Waals surface area contributed by atoms with Gasteiger partial charge in [-0.05, 0) is 35.4 Å². The average Bonchev–Trinajstić information content (AvgIpc) is 2.87. The number of hydrogen-bond donors (Lipinski definition) is 0. The maximum absolute atomic E-state index is 16.1. The van der Waals surface area contributed by atoms with Crippen LogP contribution in [0, 0.1) is 57.0 Å². The molecule has 0 bridgehead atoms. The van der Waals surface area contributed by atoms with Gasteiger partial charge in [0.1, 0.15) is 47.1 Å². The van der Waals surface area contributed by atoms with Crippen molar-refractivity contribution >= 4 is 11.1 Å². The van der Waals surface area contributed by atoms with Crippen molar-refractivity contribution in [3.63, 3.8) is 0 Å². The van der Waals surface area contributed by atoms with Crippen molar-refractivity contribution < 1.29 is 35.1 Å². The fourth-order valence-corrected chi connectivity index (χ4v) is 3.63. The van der Waals surface area contributed by atoms with Crippen molar-refractivity contribution in [3.05, 3.63) is 81.7 Å². The van der Waals surface area contributed by atoms with Crippen LogP contribution in [0.15, 0.2) is 48.5 Å². The molecule has 0 fully saturated rings. The lowest BCUT2D eigenvalue weighted by molar-refractivity contribution is -0.138. The highest BCUT2D eigenvalue weighted by Gasteiger charge is 2.32. The summed E-state index contributed by atoms with van der Waals surface area (Å²) >= 11 is 0. The van der Waals surface area contributed by atoms with Gasteiger partial charge in [-0.3, -0.25) is 0 Å². The van der Waals surface area contributed by atoms with E-state index in [1.807, 2.05) is 0 Å². The van der Waals surface area contributed by atoms with E-state index in [1.54, 1.807) is 0 Å². The molecule has 4 nitrogen and oxygen atoms in total. The van der Waals surface area contributed by atoms with E-state index in [1.165, 1.54) is 24.3 Å². The normalized spacial score (nSPS) is 11.1. The van der Waals surface area contributed by atoms with E-state index < -0.39 is 79.0 Å². The van der Waals surface area contributed by atoms with Crippen molar-refractivity contribution in [3.8, 4) is 46.5 Å². The van der Waals surface area contributed by atoms with E-state index in [4.69, 9.17) is 0 Å². The summed E-state index contributed by atoms with van der Waals surface area (Å²) in [5, 5.41) is 35.5. The predicted octanol–water partition coefficient (Wildman–Crippen LogP) is 5.73. The van der Waals surface area contributed by atoms with Crippen LogP contribution in [0.25, 0.3) is 33.4 Å². The van der Waals surface area contributed by atoms with E-state index in [0.29, 0.717) is 24.3 Å². The van der Waals surface area contributed by atoms with Gasteiger partial charge in [-0.2, -0.15) is 47.4 Å². The van der Waals surface area contributed by atoms with Crippen molar-refractivity contribution in [1.82, 2.24) is 0 Å². The van der Waals surface area contributed by atoms with E-state index in [2.05, 4.69) is 0 Å². The molecule has 3 aromatic rings. The quantitative estimate of drug-likeness (QED) is 0.397. The average molecular weight is 528 g/mol. The maximum atomic E-state index is 16.1. The van der Waals surface area contributed by atoms with Gasteiger partial charge < -0.3 is 0 Å². The van der Waals surface area contributed by atoms with Crippen LogP contribution in [0.2, 0.25) is 0 Å². The highest BCUT2D eigenvalue weighted by molar-refractivity contribution is 5.86. The predicted molar refractivity (Wildman–Crippen MR) is 116 cm³/mol. The van der Waals surface area contributed by atoms with E-state index >= 15 is 8.78 Å². The Hall–Kier alpha value is -5.20. The van der Waals surface area contributed by atoms with Crippen molar-refractivity contribution in [2.75, 3.05) is 0 Å². The van der Waals surface area contributed by atoms with Crippen molar-refractivity contribution in [2.45, 2.75) is 12.4 Å². The summed E-state index contributed by atoms with van der Waals surface area (Å²) in [6, 6.07) is 10.4. The number of benzene rings is 3. The number of hydrogen-bond acceptors (Lipinski definition) is 4. The molecule has 0 amide bonds. The Morgan fingerprint density at radius 2 is 0.763 bits per heavy atom. The molecule has 0 saturated carbocycles. The van der Waals surface area contributed by atoms with Gasteiger partial charge in [-0.15, -0.1) is 0 Å². The molecule has 3 aromatic carbocycles. The van der Waals surface area contributed by atoms with Gasteiger partial charge in [0.25, 0.3) is 0 Å². The first-order chi connectivity index (χ1) is 17.8. The summed E-state index contributed by atoms with van der Waals surface area (Å²) in [4.78, 5) is 0. The van der Waals surface area contributed by atoms with E-state index in [0.717, 1.165) is 24.3 Å². The van der Waals surface area contributed by atoms with Gasteiger partial charge in [-0.25, -0.2) is 8.78 Å². The summed E-state index contributed by atoms with van der Waals surface area (Å²) in [5.41, 5.74) is -7.04. The molecule has 38 heavy (non-hydrogen) atoms. The van der Waals surface area contributed by atoms with Crippen LogP contribution in [0.4, 0.5) is 35.1 Å². The number of halogens is 8. The zero-order chi connectivity index (χ0) is 28.4. The fraction of sp³-hybridized carbons (Fsp3) is 0.0769. The molecule has 0 N–H and O–H groups in total. The van der Waals surface area contributed by atoms with Gasteiger partial charge in [0.15, 0.2) is 0 Å². The van der Waals surface area contributed by atoms with E-state index in [9.17, 15) is 47.4 Å². The van der Waals surface area contributed by atoms with Crippen LogP contribution in [0.1, 0.15) is 11.1 Å². The molecule has 12 heteroatoms. The summed E-state index contributed by atoms with van der Waals surface area (Å²) in [5.74, 6) is -3.12. The fourth-order valence-electron chi connectivity index (χ4n) is 3.63. The Kier molecular flexibility index (Phi) is 7.24. The van der Waals surface area contributed by atoms with Gasteiger partial charge in [0.05, 0.1) is 21.6 Å². The summed E-state index contributed by atoms with van der Waals surface area (Å²) in [6.45, 7) is 0. The topological polar surface area (TPSA) is 95.2 Å². The standard InChI is InChI=1S/C26H8F8N4/c27-23-19(13-1-5-17(6-2-13)25(29,30)31)21(15(9-35)10-36)24(28)20(22(23)16(11-37)12-38)14-3-7-18(8-4-14)26(32,33)34/h1-8H. The molecule has 0 aliphatic carbocycles. The van der Waals surface area contributed by atoms with Crippen LogP contribution in [0.5, 0.6) is 0 Å². The molecular weight excluding hydrogens is 520 g/mol. The molecule has 0 aliphatic rings. The van der Waals surface area contributed by atoms with Crippen LogP contribution < -0.4 is 10.4 Å². The first-order valence-electron chi connectivity index (χ1n) is 10.0. The molecule has 0 unspecified atom stereocenters. The highest BCUT2D eigenvalue weighted by Crippen LogP contribution is 2.33. The lowest BCUT2D eigenvalue weighted by atomic mass is 9.90. The molecule has 0 aliphatic heterocycles. The first kappa shape index (κ1) is 27.4. The number of nitriles is 4. The van der Waals surface area contributed by atoms with Gasteiger partial charge in [-0.1, -0.05) is 24.3 Å². The second kappa shape index (κ2) is 10.0. The Balaban J connectivity index is 2.62. The summed E-state index contributed by atoms with van der Waals surface area (Å²) in [7, 11) is 0. The molecular formula is C26H8F8N4. The maximum Gasteiger partial charge on any atom is 0.416 e. The molecule has 3 rings (SSSR count). The highest BCUT2D eigenvalue weighted by atomic mass is 19.4. The lowest BCUT2D eigenvalue weighted by Gasteiger charge is -2.15. The molecule has 188 valence electrons. The zero-order valence-corrected chi connectivity index (χ0v) is 18.4. The molecule has 0 aromatic heterocycles. The van der Waals surface area contributed by atoms with Crippen molar-refractivity contribution in [2.24, 2.45) is 0 Å². The Labute approximate surface area is 208 Å². The molecule has 0 radical (unpaired) electrons. The third-order valence-corrected chi connectivity index (χ3v) is 5.33.